The first-order chi connectivity index (χ1) is 13.6. The Hall–Kier alpha value is -2.44. The molecule has 0 bridgehead atoms. The van der Waals surface area contributed by atoms with E-state index in [1.807, 2.05) is 4.57 Å². The second-order valence-corrected chi connectivity index (χ2v) is 6.70. The van der Waals surface area contributed by atoms with Crippen LogP contribution >= 0.6 is 0 Å². The number of aromatic nitrogens is 6. The van der Waals surface area contributed by atoms with Crippen molar-refractivity contribution >= 4 is 11.2 Å². The van der Waals surface area contributed by atoms with Crippen LogP contribution in [0.3, 0.4) is 0 Å². The summed E-state index contributed by atoms with van der Waals surface area (Å²) in [7, 11) is 0. The van der Waals surface area contributed by atoms with E-state index in [1.165, 1.54) is 17.2 Å². The van der Waals surface area contributed by atoms with Crippen LogP contribution in [0, 0.1) is 0 Å². The average molecular weight is 390 g/mol. The Morgan fingerprint density at radius 2 is 1.89 bits per heavy atom. The van der Waals surface area contributed by atoms with Gasteiger partial charge in [-0.1, -0.05) is 6.92 Å². The molecule has 1 saturated heterocycles. The van der Waals surface area contributed by atoms with Crippen molar-refractivity contribution in [1.82, 2.24) is 29.1 Å². The van der Waals surface area contributed by atoms with Crippen LogP contribution in [-0.4, -0.2) is 80.5 Å². The zero-order valence-electron chi connectivity index (χ0n) is 15.2. The van der Waals surface area contributed by atoms with Crippen LogP contribution in [0.1, 0.15) is 25.4 Å². The number of ether oxygens (including phenoxy) is 1. The normalized spacial score (nSPS) is 28.1. The monoisotopic (exact) mass is 390 g/mol. The van der Waals surface area contributed by atoms with E-state index >= 15 is 0 Å². The minimum absolute atomic E-state index is 0.380. The van der Waals surface area contributed by atoms with Crippen LogP contribution in [0.2, 0.25) is 0 Å². The molecule has 4 heterocycles. The molecule has 0 spiro atoms. The number of aliphatic hydroxyl groups is 4. The van der Waals surface area contributed by atoms with Crippen molar-refractivity contribution < 1.29 is 25.2 Å². The molecule has 3 aromatic rings. The first kappa shape index (κ1) is 18.9. The van der Waals surface area contributed by atoms with E-state index in [2.05, 4.69) is 26.9 Å². The molecule has 11 nitrogen and oxygen atoms in total. The fraction of sp³-hybridized carbons (Fsp3) is 0.529. The van der Waals surface area contributed by atoms with Gasteiger partial charge in [-0.15, -0.1) is 0 Å². The average Bonchev–Trinajstić information content (AvgIpc) is 3.34. The minimum Gasteiger partial charge on any atom is -0.394 e. The van der Waals surface area contributed by atoms with Crippen LogP contribution in [0.15, 0.2) is 25.0 Å². The lowest BCUT2D eigenvalue weighted by molar-refractivity contribution is -0.250. The fourth-order valence-electron chi connectivity index (χ4n) is 3.45. The van der Waals surface area contributed by atoms with Gasteiger partial charge >= 0.3 is 0 Å². The van der Waals surface area contributed by atoms with E-state index in [9.17, 15) is 20.4 Å². The summed E-state index contributed by atoms with van der Waals surface area (Å²) < 4.78 is 8.90. The lowest BCUT2D eigenvalue weighted by Gasteiger charge is -2.40. The minimum atomic E-state index is -1.49. The second-order valence-electron chi connectivity index (χ2n) is 6.70. The number of fused-ring (bicyclic) bond motifs is 1. The zero-order chi connectivity index (χ0) is 19.8. The lowest BCUT2D eigenvalue weighted by Crippen LogP contribution is -2.56. The van der Waals surface area contributed by atoms with Crippen LogP contribution in [-0.2, 0) is 11.2 Å². The van der Waals surface area contributed by atoms with Crippen molar-refractivity contribution in [1.29, 1.82) is 0 Å². The third-order valence-electron chi connectivity index (χ3n) is 4.90. The molecule has 28 heavy (non-hydrogen) atoms. The maximum atomic E-state index is 10.4. The molecule has 5 atom stereocenters. The second kappa shape index (κ2) is 7.53. The van der Waals surface area contributed by atoms with Gasteiger partial charge in [-0.3, -0.25) is 9.13 Å². The SMILES string of the molecule is CCCc1nccn1-c1ncnc2c1ncn2[C@@H]1O[C@H](CO)[C@@H](O)[C@H](O)[C@H]1O. The highest BCUT2D eigenvalue weighted by Crippen LogP contribution is 2.31. The highest BCUT2D eigenvalue weighted by atomic mass is 16.6. The Morgan fingerprint density at radius 3 is 2.64 bits per heavy atom. The number of aliphatic hydroxyl groups excluding tert-OH is 4. The Kier molecular flexibility index (Phi) is 5.08. The van der Waals surface area contributed by atoms with Crippen molar-refractivity contribution in [3.05, 3.63) is 30.9 Å². The largest absolute Gasteiger partial charge is 0.394 e. The number of hydrogen-bond acceptors (Lipinski definition) is 9. The summed E-state index contributed by atoms with van der Waals surface area (Å²) >= 11 is 0. The van der Waals surface area contributed by atoms with Gasteiger partial charge in [0.1, 0.15) is 36.6 Å². The molecule has 4 N–H and O–H groups in total. The zero-order valence-corrected chi connectivity index (χ0v) is 15.2. The van der Waals surface area contributed by atoms with E-state index < -0.39 is 37.3 Å². The van der Waals surface area contributed by atoms with Gasteiger partial charge in [0.2, 0.25) is 0 Å². The molecule has 0 aromatic carbocycles. The molecule has 0 saturated carbocycles. The number of imidazole rings is 2. The van der Waals surface area contributed by atoms with E-state index in [1.54, 1.807) is 12.4 Å². The van der Waals surface area contributed by atoms with Crippen LogP contribution in [0.5, 0.6) is 0 Å². The van der Waals surface area contributed by atoms with Gasteiger partial charge in [-0.05, 0) is 6.42 Å². The first-order valence-electron chi connectivity index (χ1n) is 9.07. The van der Waals surface area contributed by atoms with E-state index in [-0.39, 0.29) is 0 Å². The highest BCUT2D eigenvalue weighted by Gasteiger charge is 2.44. The highest BCUT2D eigenvalue weighted by molar-refractivity contribution is 5.78. The molecule has 1 aliphatic heterocycles. The van der Waals surface area contributed by atoms with Gasteiger partial charge in [-0.25, -0.2) is 19.9 Å². The van der Waals surface area contributed by atoms with Crippen molar-refractivity contribution in [2.24, 2.45) is 0 Å². The van der Waals surface area contributed by atoms with Crippen molar-refractivity contribution in [3.63, 3.8) is 0 Å². The van der Waals surface area contributed by atoms with Gasteiger partial charge in [0, 0.05) is 18.8 Å². The first-order valence-corrected chi connectivity index (χ1v) is 9.07. The Balaban J connectivity index is 1.77. The van der Waals surface area contributed by atoms with Gasteiger partial charge in [-0.2, -0.15) is 0 Å². The molecular formula is C17H22N6O5. The number of aryl methyl sites for hydroxylation is 1. The third-order valence-corrected chi connectivity index (χ3v) is 4.90. The van der Waals surface area contributed by atoms with Crippen LogP contribution in [0.25, 0.3) is 17.0 Å². The summed E-state index contributed by atoms with van der Waals surface area (Å²) in [5, 5.41) is 39.9. The van der Waals surface area contributed by atoms with E-state index in [0.29, 0.717) is 17.0 Å². The molecule has 1 fully saturated rings. The molecule has 3 aromatic heterocycles. The van der Waals surface area contributed by atoms with Crippen molar-refractivity contribution in [2.45, 2.75) is 50.4 Å². The molecular weight excluding hydrogens is 368 g/mol. The van der Waals surface area contributed by atoms with Gasteiger partial charge in [0.05, 0.1) is 12.9 Å². The Labute approximate surface area is 159 Å². The maximum Gasteiger partial charge on any atom is 0.169 e. The van der Waals surface area contributed by atoms with Crippen LogP contribution in [0.4, 0.5) is 0 Å². The van der Waals surface area contributed by atoms with Gasteiger partial charge < -0.3 is 25.2 Å². The van der Waals surface area contributed by atoms with Crippen LogP contribution < -0.4 is 0 Å². The van der Waals surface area contributed by atoms with Crippen molar-refractivity contribution in [3.8, 4) is 5.82 Å². The number of rotatable bonds is 5. The Bertz CT molecular complexity index is 957. The maximum absolute atomic E-state index is 10.4. The lowest BCUT2D eigenvalue weighted by atomic mass is 9.98. The predicted molar refractivity (Wildman–Crippen MR) is 95.5 cm³/mol. The molecule has 4 rings (SSSR count). The molecule has 0 aliphatic carbocycles. The molecule has 150 valence electrons. The number of hydrogen-bond donors (Lipinski definition) is 4. The summed E-state index contributed by atoms with van der Waals surface area (Å²) in [4.78, 5) is 17.3. The molecule has 0 unspecified atom stereocenters. The van der Waals surface area contributed by atoms with Crippen molar-refractivity contribution in [2.75, 3.05) is 6.61 Å². The quantitative estimate of drug-likeness (QED) is 0.427. The predicted octanol–water partition coefficient (Wildman–Crippen LogP) is -1.06. The molecule has 1 aliphatic rings. The standard InChI is InChI=1S/C17H22N6O5/c1-2-3-10-18-4-5-22(10)15-11-16(20-7-19-15)23(8-21-11)17-14(27)13(26)12(25)9(6-24)28-17/h4-5,7-9,12-14,17,24-27H,2-3,6H2,1H3/t9-,12-,13+,14-,17-/m1/s1. The fourth-order valence-corrected chi connectivity index (χ4v) is 3.45. The van der Waals surface area contributed by atoms with Gasteiger partial charge in [0.25, 0.3) is 0 Å². The van der Waals surface area contributed by atoms with Gasteiger partial charge in [0.15, 0.2) is 23.2 Å². The molecule has 0 amide bonds. The summed E-state index contributed by atoms with van der Waals surface area (Å²) in [6.45, 7) is 1.55. The number of nitrogens with zero attached hydrogens (tertiary/aromatic N) is 6. The summed E-state index contributed by atoms with van der Waals surface area (Å²) in [6, 6.07) is 0. The van der Waals surface area contributed by atoms with E-state index in [4.69, 9.17) is 4.74 Å². The summed E-state index contributed by atoms with van der Waals surface area (Å²) in [6.07, 6.45) is 1.51. The topological polar surface area (TPSA) is 152 Å². The van der Waals surface area contributed by atoms with E-state index in [0.717, 1.165) is 18.7 Å². The summed E-state index contributed by atoms with van der Waals surface area (Å²) in [5.41, 5.74) is 0.847. The Morgan fingerprint density at radius 1 is 1.07 bits per heavy atom. The summed E-state index contributed by atoms with van der Waals surface area (Å²) in [5.74, 6) is 1.37. The molecule has 0 radical (unpaired) electrons. The smallest absolute Gasteiger partial charge is 0.169 e. The molecule has 11 heteroatoms. The third kappa shape index (κ3) is 2.97.